The third-order valence-electron chi connectivity index (χ3n) is 6.39. The zero-order valence-corrected chi connectivity index (χ0v) is 19.8. The molecular weight excluding hydrogens is 402 g/mol. The van der Waals surface area contributed by atoms with E-state index < -0.39 is 0 Å². The highest BCUT2D eigenvalue weighted by Crippen LogP contribution is 2.38. The molecule has 4 N–H and O–H groups in total. The lowest BCUT2D eigenvalue weighted by molar-refractivity contribution is 0.631. The molecule has 2 aromatic carbocycles. The Hall–Kier alpha value is -3.59. The van der Waals surface area contributed by atoms with Crippen LogP contribution in [0.2, 0.25) is 0 Å². The minimum Gasteiger partial charge on any atom is -0.402 e. The van der Waals surface area contributed by atoms with Crippen molar-refractivity contribution in [3.8, 4) is 0 Å². The molecule has 2 aromatic rings. The van der Waals surface area contributed by atoms with Gasteiger partial charge in [-0.15, -0.1) is 0 Å². The van der Waals surface area contributed by atoms with E-state index in [4.69, 9.17) is 11.1 Å². The molecule has 33 heavy (non-hydrogen) atoms. The van der Waals surface area contributed by atoms with Crippen molar-refractivity contribution >= 4 is 16.9 Å². The molecule has 0 bridgehead atoms. The molecular formula is C30H33N3. The Morgan fingerprint density at radius 2 is 1.79 bits per heavy atom. The first kappa shape index (κ1) is 22.6. The molecule has 3 nitrogen and oxygen atoms in total. The maximum absolute atomic E-state index is 9.16. The van der Waals surface area contributed by atoms with Crippen LogP contribution >= 0.6 is 0 Å². The Morgan fingerprint density at radius 1 is 1.09 bits per heavy atom. The fourth-order valence-corrected chi connectivity index (χ4v) is 4.63. The number of nitrogens with one attached hydrogen (secondary N) is 2. The van der Waals surface area contributed by atoms with Gasteiger partial charge in [0.05, 0.1) is 0 Å². The Morgan fingerprint density at radius 3 is 2.42 bits per heavy atom. The van der Waals surface area contributed by atoms with E-state index in [1.165, 1.54) is 11.1 Å². The largest absolute Gasteiger partial charge is 0.402 e. The third kappa shape index (κ3) is 4.93. The van der Waals surface area contributed by atoms with E-state index in [1.54, 1.807) is 0 Å². The zero-order chi connectivity index (χ0) is 23.5. The lowest BCUT2D eigenvalue weighted by atomic mass is 9.89. The Balaban J connectivity index is 1.73. The van der Waals surface area contributed by atoms with E-state index >= 15 is 0 Å². The van der Waals surface area contributed by atoms with Gasteiger partial charge in [-0.2, -0.15) is 0 Å². The number of allylic oxidation sites excluding steroid dienone is 6. The number of nitrogens with two attached hydrogens (primary N) is 1. The van der Waals surface area contributed by atoms with E-state index in [2.05, 4.69) is 92.5 Å². The first-order chi connectivity index (χ1) is 15.8. The molecule has 0 aromatic heterocycles. The second kappa shape index (κ2) is 9.50. The summed E-state index contributed by atoms with van der Waals surface area (Å²) in [4.78, 5) is 0. The summed E-state index contributed by atoms with van der Waals surface area (Å²) in [6.07, 6.45) is 10.4. The molecule has 2 atom stereocenters. The molecule has 0 saturated carbocycles. The molecule has 2 aliphatic rings. The second-order valence-corrected chi connectivity index (χ2v) is 9.17. The molecule has 2 aliphatic carbocycles. The van der Waals surface area contributed by atoms with Gasteiger partial charge in [0.2, 0.25) is 0 Å². The molecule has 4 rings (SSSR count). The van der Waals surface area contributed by atoms with Crippen LogP contribution in [0.25, 0.3) is 11.1 Å². The molecule has 0 heterocycles. The molecule has 2 unspecified atom stereocenters. The van der Waals surface area contributed by atoms with Crippen LogP contribution < -0.4 is 11.1 Å². The average molecular weight is 436 g/mol. The summed E-state index contributed by atoms with van der Waals surface area (Å²) >= 11 is 0. The number of hydrogen-bond acceptors (Lipinski definition) is 3. The Bertz CT molecular complexity index is 1200. The molecule has 0 saturated heterocycles. The van der Waals surface area contributed by atoms with Crippen LogP contribution in [0.5, 0.6) is 0 Å². The smallest absolute Gasteiger partial charge is 0.0482 e. The molecule has 0 fully saturated rings. The second-order valence-electron chi connectivity index (χ2n) is 9.17. The zero-order valence-electron chi connectivity index (χ0n) is 19.8. The van der Waals surface area contributed by atoms with Crippen molar-refractivity contribution in [3.05, 3.63) is 119 Å². The summed E-state index contributed by atoms with van der Waals surface area (Å²) in [5.41, 5.74) is 16.3. The van der Waals surface area contributed by atoms with Crippen LogP contribution in [0.15, 0.2) is 96.4 Å². The number of fused-ring (bicyclic) bond motifs is 1. The van der Waals surface area contributed by atoms with Gasteiger partial charge in [0.1, 0.15) is 0 Å². The van der Waals surface area contributed by atoms with Gasteiger partial charge in [-0.25, -0.2) is 0 Å². The molecule has 3 heteroatoms. The van der Waals surface area contributed by atoms with Crippen molar-refractivity contribution in [1.82, 2.24) is 5.32 Å². The van der Waals surface area contributed by atoms with Crippen molar-refractivity contribution in [3.63, 3.8) is 0 Å². The van der Waals surface area contributed by atoms with Gasteiger partial charge >= 0.3 is 0 Å². The van der Waals surface area contributed by atoms with Crippen molar-refractivity contribution < 1.29 is 0 Å². The lowest BCUT2D eigenvalue weighted by Gasteiger charge is -2.23. The Kier molecular flexibility index (Phi) is 6.50. The topological polar surface area (TPSA) is 61.9 Å². The predicted molar refractivity (Wildman–Crippen MR) is 141 cm³/mol. The van der Waals surface area contributed by atoms with Crippen molar-refractivity contribution in [1.29, 1.82) is 5.41 Å². The Labute approximate surface area is 197 Å². The summed E-state index contributed by atoms with van der Waals surface area (Å²) in [5.74, 6) is -0.132. The maximum Gasteiger partial charge on any atom is 0.0482 e. The van der Waals surface area contributed by atoms with Crippen LogP contribution in [0.3, 0.4) is 0 Å². The van der Waals surface area contributed by atoms with Crippen molar-refractivity contribution in [2.24, 2.45) is 11.7 Å². The number of rotatable bonds is 5. The standard InChI is InChI=1S/C30H33N3/c1-19-9-13-23(14-10-19)28-18-24(17-21(3)33-25-15-11-20(2)12-16-25)30(32)29(22(4)31)27-8-6-5-7-26(27)28/h5-15,18,24-25,32-33H,3,16-17,31H2,1-2,4H3/b29-22-,32-30?. The predicted octanol–water partition coefficient (Wildman–Crippen LogP) is 6.53. The molecule has 0 spiro atoms. The van der Waals surface area contributed by atoms with E-state index in [0.717, 1.165) is 40.0 Å². The maximum atomic E-state index is 9.16. The SMILES string of the molecule is C=C(CC1C=C(c2ccc(C)cc2)c2ccccc2/C(=C(\C)N)C1=N)NC1C=CC(C)=CC1. The highest BCUT2D eigenvalue weighted by Gasteiger charge is 2.27. The highest BCUT2D eigenvalue weighted by atomic mass is 14.9. The number of aryl methyl sites for hydroxylation is 1. The first-order valence-electron chi connectivity index (χ1n) is 11.6. The molecule has 168 valence electrons. The number of benzene rings is 2. The van der Waals surface area contributed by atoms with E-state index in [0.29, 0.717) is 17.8 Å². The summed E-state index contributed by atoms with van der Waals surface area (Å²) in [5, 5.41) is 12.7. The van der Waals surface area contributed by atoms with Gasteiger partial charge in [0.25, 0.3) is 0 Å². The van der Waals surface area contributed by atoms with Gasteiger partial charge in [0.15, 0.2) is 0 Å². The molecule has 0 aliphatic heterocycles. The van der Waals surface area contributed by atoms with E-state index in [-0.39, 0.29) is 12.0 Å². The summed E-state index contributed by atoms with van der Waals surface area (Å²) in [6, 6.07) is 17.1. The monoisotopic (exact) mass is 435 g/mol. The molecule has 0 amide bonds. The fourth-order valence-electron chi connectivity index (χ4n) is 4.63. The van der Waals surface area contributed by atoms with Crippen molar-refractivity contribution in [2.45, 2.75) is 39.7 Å². The highest BCUT2D eigenvalue weighted by molar-refractivity contribution is 6.27. The minimum absolute atomic E-state index is 0.132. The summed E-state index contributed by atoms with van der Waals surface area (Å²) < 4.78 is 0. The van der Waals surface area contributed by atoms with Crippen molar-refractivity contribution in [2.75, 3.05) is 0 Å². The van der Waals surface area contributed by atoms with Gasteiger partial charge in [0, 0.05) is 34.6 Å². The minimum atomic E-state index is -0.132. The summed E-state index contributed by atoms with van der Waals surface area (Å²) in [6.45, 7) is 10.4. The number of hydrogen-bond donors (Lipinski definition) is 3. The van der Waals surface area contributed by atoms with E-state index in [1.807, 2.05) is 13.0 Å². The van der Waals surface area contributed by atoms with Crippen LogP contribution in [0.4, 0.5) is 0 Å². The first-order valence-corrected chi connectivity index (χ1v) is 11.6. The van der Waals surface area contributed by atoms with Crippen LogP contribution in [-0.4, -0.2) is 11.8 Å². The quantitative estimate of drug-likeness (QED) is 0.500. The van der Waals surface area contributed by atoms with Gasteiger partial charge in [-0.05, 0) is 55.9 Å². The van der Waals surface area contributed by atoms with E-state index in [9.17, 15) is 0 Å². The van der Waals surface area contributed by atoms with Gasteiger partial charge < -0.3 is 16.5 Å². The fraction of sp³-hybridized carbons (Fsp3) is 0.233. The van der Waals surface area contributed by atoms with Gasteiger partial charge in [-0.1, -0.05) is 90.6 Å². The average Bonchev–Trinajstić information content (AvgIpc) is 2.90. The normalized spacial score (nSPS) is 21.5. The summed E-state index contributed by atoms with van der Waals surface area (Å²) in [7, 11) is 0. The van der Waals surface area contributed by atoms with Crippen LogP contribution in [0.1, 0.15) is 48.9 Å². The van der Waals surface area contributed by atoms with Crippen LogP contribution in [0, 0.1) is 18.3 Å². The third-order valence-corrected chi connectivity index (χ3v) is 6.39. The lowest BCUT2D eigenvalue weighted by Crippen LogP contribution is -2.28. The molecule has 0 radical (unpaired) electrons. The van der Waals surface area contributed by atoms with Gasteiger partial charge in [-0.3, -0.25) is 0 Å². The van der Waals surface area contributed by atoms with Crippen LogP contribution in [-0.2, 0) is 0 Å².